The SMILES string of the molecule is O=S(=O)(NC1(CF)CC1)c1ccc2ncc(-c3nnc(C(F)F)s3)n2c1. The van der Waals surface area contributed by atoms with Crippen LogP contribution in [0.25, 0.3) is 16.3 Å². The van der Waals surface area contributed by atoms with Crippen molar-refractivity contribution in [1.29, 1.82) is 0 Å². The molecule has 0 spiro atoms. The number of hydrogen-bond acceptors (Lipinski definition) is 6. The first kappa shape index (κ1) is 17.4. The van der Waals surface area contributed by atoms with Crippen LogP contribution in [0, 0.1) is 0 Å². The van der Waals surface area contributed by atoms with Crippen LogP contribution in [0.2, 0.25) is 0 Å². The fraction of sp³-hybridized carbons (Fsp3) is 0.357. The monoisotopic (exact) mass is 403 g/mol. The third-order valence-corrected chi connectivity index (χ3v) is 6.61. The summed E-state index contributed by atoms with van der Waals surface area (Å²) in [6.07, 6.45) is 0.859. The van der Waals surface area contributed by atoms with Gasteiger partial charge in [-0.25, -0.2) is 31.3 Å². The van der Waals surface area contributed by atoms with Gasteiger partial charge in [-0.05, 0) is 25.0 Å². The Balaban J connectivity index is 1.74. The molecule has 3 aromatic rings. The second kappa shape index (κ2) is 5.99. The third kappa shape index (κ3) is 2.97. The molecule has 1 aliphatic carbocycles. The standard InChI is InChI=1S/C14H12F3N5O2S2/c15-7-14(3-4-14)21-26(23,24)8-1-2-10-18-5-9(22(10)6-8)12-19-20-13(25-12)11(16)17/h1-2,5-6,11,21H,3-4,7H2. The number of sulfonamides is 1. The Morgan fingerprint density at radius 3 is 2.69 bits per heavy atom. The molecule has 0 bridgehead atoms. The van der Waals surface area contributed by atoms with Crippen molar-refractivity contribution in [3.63, 3.8) is 0 Å². The van der Waals surface area contributed by atoms with E-state index in [-0.39, 0.29) is 9.90 Å². The van der Waals surface area contributed by atoms with Gasteiger partial charge in [0, 0.05) is 6.20 Å². The van der Waals surface area contributed by atoms with Crippen molar-refractivity contribution in [3.05, 3.63) is 29.5 Å². The summed E-state index contributed by atoms with van der Waals surface area (Å²) >= 11 is 0.703. The van der Waals surface area contributed by atoms with E-state index in [4.69, 9.17) is 0 Å². The maximum absolute atomic E-state index is 13.0. The molecule has 1 saturated carbocycles. The lowest BCUT2D eigenvalue weighted by molar-refractivity contribution is 0.150. The highest BCUT2D eigenvalue weighted by atomic mass is 32.2. The Morgan fingerprint density at radius 1 is 1.31 bits per heavy atom. The van der Waals surface area contributed by atoms with Crippen molar-refractivity contribution in [2.24, 2.45) is 0 Å². The molecule has 0 aromatic carbocycles. The molecule has 26 heavy (non-hydrogen) atoms. The zero-order valence-electron chi connectivity index (χ0n) is 13.1. The topological polar surface area (TPSA) is 89.2 Å². The summed E-state index contributed by atoms with van der Waals surface area (Å²) in [5, 5.41) is 6.90. The maximum atomic E-state index is 13.0. The number of hydrogen-bond donors (Lipinski definition) is 1. The Bertz CT molecular complexity index is 1080. The second-order valence-corrected chi connectivity index (χ2v) is 8.69. The molecule has 7 nitrogen and oxygen atoms in total. The van der Waals surface area contributed by atoms with E-state index < -0.39 is 33.7 Å². The lowest BCUT2D eigenvalue weighted by atomic mass is 10.3. The highest BCUT2D eigenvalue weighted by molar-refractivity contribution is 7.89. The van der Waals surface area contributed by atoms with Gasteiger partial charge < -0.3 is 0 Å². The molecule has 0 unspecified atom stereocenters. The largest absolute Gasteiger partial charge is 0.296 e. The molecule has 4 rings (SSSR count). The Labute approximate surface area is 150 Å². The molecule has 0 radical (unpaired) electrons. The van der Waals surface area contributed by atoms with Gasteiger partial charge in [-0.15, -0.1) is 10.2 Å². The molecule has 0 amide bonds. The predicted octanol–water partition coefficient (Wildman–Crippen LogP) is 2.57. The number of alkyl halides is 3. The third-order valence-electron chi connectivity index (χ3n) is 4.10. The van der Waals surface area contributed by atoms with Gasteiger partial charge in [0.15, 0.2) is 10.0 Å². The van der Waals surface area contributed by atoms with Crippen LogP contribution in [0.15, 0.2) is 29.4 Å². The van der Waals surface area contributed by atoms with Crippen LogP contribution in [0.4, 0.5) is 13.2 Å². The second-order valence-electron chi connectivity index (χ2n) is 6.00. The number of fused-ring (bicyclic) bond motifs is 1. The first-order chi connectivity index (χ1) is 12.3. The van der Waals surface area contributed by atoms with Crippen molar-refractivity contribution >= 4 is 27.0 Å². The quantitative estimate of drug-likeness (QED) is 0.683. The molecular weight excluding hydrogens is 391 g/mol. The summed E-state index contributed by atoms with van der Waals surface area (Å²) in [6.45, 7) is -0.772. The van der Waals surface area contributed by atoms with Gasteiger partial charge in [-0.3, -0.25) is 4.40 Å². The molecule has 0 saturated heterocycles. The molecule has 0 aliphatic heterocycles. The number of imidazole rings is 1. The van der Waals surface area contributed by atoms with E-state index in [0.717, 1.165) is 0 Å². The normalized spacial score (nSPS) is 16.5. The van der Waals surface area contributed by atoms with E-state index in [2.05, 4.69) is 19.9 Å². The predicted molar refractivity (Wildman–Crippen MR) is 87.3 cm³/mol. The van der Waals surface area contributed by atoms with Gasteiger partial charge in [0.25, 0.3) is 6.43 Å². The van der Waals surface area contributed by atoms with E-state index in [9.17, 15) is 21.6 Å². The van der Waals surface area contributed by atoms with E-state index in [0.29, 0.717) is 35.5 Å². The van der Waals surface area contributed by atoms with Crippen molar-refractivity contribution in [2.45, 2.75) is 29.7 Å². The minimum Gasteiger partial charge on any atom is -0.296 e. The van der Waals surface area contributed by atoms with Gasteiger partial charge >= 0.3 is 0 Å². The van der Waals surface area contributed by atoms with Crippen LogP contribution in [-0.4, -0.2) is 40.2 Å². The summed E-state index contributed by atoms with van der Waals surface area (Å²) in [5.41, 5.74) is -0.260. The number of pyridine rings is 1. The average molecular weight is 403 g/mol. The highest BCUT2D eigenvalue weighted by Gasteiger charge is 2.46. The fourth-order valence-electron chi connectivity index (χ4n) is 2.46. The lowest BCUT2D eigenvalue weighted by Gasteiger charge is -2.14. The van der Waals surface area contributed by atoms with Crippen LogP contribution in [0.5, 0.6) is 0 Å². The summed E-state index contributed by atoms with van der Waals surface area (Å²) in [6, 6.07) is 2.83. The van der Waals surface area contributed by atoms with Gasteiger partial charge in [0.2, 0.25) is 10.0 Å². The van der Waals surface area contributed by atoms with E-state index in [1.54, 1.807) is 0 Å². The van der Waals surface area contributed by atoms with E-state index in [1.807, 2.05) is 0 Å². The molecule has 138 valence electrons. The molecule has 3 heterocycles. The van der Waals surface area contributed by atoms with Crippen LogP contribution in [-0.2, 0) is 10.0 Å². The average Bonchev–Trinajstić information content (AvgIpc) is 3.03. The lowest BCUT2D eigenvalue weighted by Crippen LogP contribution is -2.38. The van der Waals surface area contributed by atoms with Crippen LogP contribution >= 0.6 is 11.3 Å². The molecule has 1 N–H and O–H groups in total. The molecular formula is C14H12F3N5O2S2. The molecule has 0 atom stereocenters. The molecule has 1 fully saturated rings. The zero-order chi connectivity index (χ0) is 18.5. The van der Waals surface area contributed by atoms with Gasteiger partial charge in [-0.1, -0.05) is 11.3 Å². The Morgan fingerprint density at radius 2 is 2.08 bits per heavy atom. The van der Waals surface area contributed by atoms with Gasteiger partial charge in [0.05, 0.1) is 16.6 Å². The van der Waals surface area contributed by atoms with E-state index in [1.165, 1.54) is 28.9 Å². The molecule has 3 aromatic heterocycles. The van der Waals surface area contributed by atoms with Gasteiger partial charge in [0.1, 0.15) is 18.0 Å². The smallest absolute Gasteiger partial charge is 0.291 e. The first-order valence-corrected chi connectivity index (χ1v) is 9.82. The zero-order valence-corrected chi connectivity index (χ0v) is 14.7. The maximum Gasteiger partial charge on any atom is 0.291 e. The van der Waals surface area contributed by atoms with Crippen LogP contribution < -0.4 is 4.72 Å². The van der Waals surface area contributed by atoms with Crippen molar-refractivity contribution in [3.8, 4) is 10.7 Å². The minimum absolute atomic E-state index is 0.0810. The first-order valence-electron chi connectivity index (χ1n) is 7.53. The number of nitrogens with zero attached hydrogens (tertiary/aromatic N) is 4. The number of nitrogens with one attached hydrogen (secondary N) is 1. The van der Waals surface area contributed by atoms with E-state index >= 15 is 0 Å². The summed E-state index contributed by atoms with van der Waals surface area (Å²) in [4.78, 5) is 4.03. The number of halogens is 3. The number of rotatable bonds is 6. The van der Waals surface area contributed by atoms with Crippen LogP contribution in [0.1, 0.15) is 24.3 Å². The van der Waals surface area contributed by atoms with Crippen molar-refractivity contribution < 1.29 is 21.6 Å². The summed E-state index contributed by atoms with van der Waals surface area (Å²) in [7, 11) is -3.94. The fourth-order valence-corrected chi connectivity index (χ4v) is 4.61. The highest BCUT2D eigenvalue weighted by Crippen LogP contribution is 2.37. The van der Waals surface area contributed by atoms with Crippen molar-refractivity contribution in [2.75, 3.05) is 6.67 Å². The summed E-state index contributed by atoms with van der Waals surface area (Å²) in [5.74, 6) is 0. The Kier molecular flexibility index (Phi) is 4.00. The summed E-state index contributed by atoms with van der Waals surface area (Å²) < 4.78 is 67.3. The number of aromatic nitrogens is 4. The minimum atomic E-state index is -3.94. The van der Waals surface area contributed by atoms with Gasteiger partial charge in [-0.2, -0.15) is 0 Å². The Hall–Kier alpha value is -2.05. The van der Waals surface area contributed by atoms with Crippen molar-refractivity contribution in [1.82, 2.24) is 24.3 Å². The molecule has 12 heteroatoms. The molecule has 1 aliphatic rings. The van der Waals surface area contributed by atoms with Crippen LogP contribution in [0.3, 0.4) is 0 Å².